The van der Waals surface area contributed by atoms with E-state index >= 15 is 0 Å². The molecule has 3 heterocycles. The molecular weight excluding hydrogens is 514 g/mol. The van der Waals surface area contributed by atoms with Crippen molar-refractivity contribution in [1.29, 1.82) is 0 Å². The Labute approximate surface area is 215 Å². The Kier molecular flexibility index (Phi) is 8.18. The van der Waals surface area contributed by atoms with Crippen LogP contribution in [-0.4, -0.2) is 76.0 Å². The highest BCUT2D eigenvalue weighted by Crippen LogP contribution is 2.60. The van der Waals surface area contributed by atoms with E-state index in [1.165, 1.54) is 4.90 Å². The first-order valence-corrected chi connectivity index (χ1v) is 13.6. The first-order chi connectivity index (χ1) is 16.9. The number of aliphatic hydroxyl groups is 1. The largest absolute Gasteiger partial charge is 0.394 e. The van der Waals surface area contributed by atoms with Crippen LogP contribution in [0.2, 0.25) is 0 Å². The molecule has 3 fully saturated rings. The van der Waals surface area contributed by atoms with Gasteiger partial charge in [-0.15, -0.1) is 0 Å². The molecule has 0 aromatic heterocycles. The van der Waals surface area contributed by atoms with Gasteiger partial charge in [-0.05, 0) is 31.2 Å². The maximum absolute atomic E-state index is 14.1. The number of fused-ring (bicyclic) bond motifs is 1. The second-order valence-electron chi connectivity index (χ2n) is 9.87. The highest BCUT2D eigenvalue weighted by molar-refractivity contribution is 9.09. The summed E-state index contributed by atoms with van der Waals surface area (Å²) in [6.45, 7) is 4.74. The Morgan fingerprint density at radius 2 is 1.89 bits per heavy atom. The van der Waals surface area contributed by atoms with Crippen molar-refractivity contribution >= 4 is 33.7 Å². The summed E-state index contributed by atoms with van der Waals surface area (Å²) in [6, 6.07) is 8.09. The van der Waals surface area contributed by atoms with E-state index in [1.54, 1.807) is 0 Å². The summed E-state index contributed by atoms with van der Waals surface area (Å²) in [4.78, 5) is 42.3. The maximum atomic E-state index is 14.1. The third-order valence-electron chi connectivity index (χ3n) is 7.58. The summed E-state index contributed by atoms with van der Waals surface area (Å²) in [5, 5.41) is 16.3. The van der Waals surface area contributed by atoms with Gasteiger partial charge in [-0.3, -0.25) is 14.4 Å². The van der Waals surface area contributed by atoms with E-state index in [9.17, 15) is 19.5 Å². The van der Waals surface area contributed by atoms with Crippen molar-refractivity contribution in [2.45, 2.75) is 74.6 Å². The normalized spacial score (nSPS) is 31.9. The molecule has 8 nitrogen and oxygen atoms in total. The van der Waals surface area contributed by atoms with Gasteiger partial charge in [0.05, 0.1) is 30.6 Å². The number of likely N-dealkylation sites (tertiary alicyclic amines) is 1. The van der Waals surface area contributed by atoms with Gasteiger partial charge in [0.25, 0.3) is 0 Å². The molecule has 3 aliphatic rings. The number of nitrogens with one attached hydrogen (secondary N) is 2. The average molecular weight is 550 g/mol. The average Bonchev–Trinajstić information content (AvgIpc) is 3.45. The van der Waals surface area contributed by atoms with Crippen LogP contribution in [0.5, 0.6) is 0 Å². The molecule has 35 heavy (non-hydrogen) atoms. The monoisotopic (exact) mass is 549 g/mol. The summed E-state index contributed by atoms with van der Waals surface area (Å²) in [6.07, 6.45) is 2.91. The second kappa shape index (κ2) is 11.0. The highest BCUT2D eigenvalue weighted by Gasteiger charge is 2.76. The van der Waals surface area contributed by atoms with Crippen molar-refractivity contribution in [2.75, 3.05) is 19.7 Å². The van der Waals surface area contributed by atoms with Crippen LogP contribution in [0, 0.1) is 11.8 Å². The summed E-state index contributed by atoms with van der Waals surface area (Å²) in [7, 11) is 0. The summed E-state index contributed by atoms with van der Waals surface area (Å²) in [5.41, 5.74) is -0.148. The third-order valence-corrected chi connectivity index (χ3v) is 8.42. The molecule has 3 saturated heterocycles. The fourth-order valence-electron chi connectivity index (χ4n) is 6.05. The van der Waals surface area contributed by atoms with Gasteiger partial charge in [0.2, 0.25) is 17.7 Å². The van der Waals surface area contributed by atoms with E-state index in [2.05, 4.69) is 26.6 Å². The number of ether oxygens (including phenoxy) is 1. The van der Waals surface area contributed by atoms with Crippen LogP contribution in [0.3, 0.4) is 0 Å². The van der Waals surface area contributed by atoms with Gasteiger partial charge in [0, 0.05) is 17.9 Å². The fourth-order valence-corrected chi connectivity index (χ4v) is 6.99. The van der Waals surface area contributed by atoms with Crippen molar-refractivity contribution in [1.82, 2.24) is 15.5 Å². The summed E-state index contributed by atoms with van der Waals surface area (Å²) >= 11 is 3.68. The highest BCUT2D eigenvalue weighted by atomic mass is 79.9. The molecule has 7 atom stereocenters. The van der Waals surface area contributed by atoms with Crippen LogP contribution < -0.4 is 10.6 Å². The van der Waals surface area contributed by atoms with E-state index in [4.69, 9.17) is 4.74 Å². The van der Waals surface area contributed by atoms with E-state index < -0.39 is 35.6 Å². The van der Waals surface area contributed by atoms with E-state index in [-0.39, 0.29) is 29.2 Å². The molecule has 192 valence electrons. The Balaban J connectivity index is 1.72. The molecule has 3 unspecified atom stereocenters. The number of hydrogen-bond acceptors (Lipinski definition) is 5. The van der Waals surface area contributed by atoms with Crippen molar-refractivity contribution in [3.63, 3.8) is 0 Å². The lowest BCUT2D eigenvalue weighted by molar-refractivity contribution is -0.145. The predicted molar refractivity (Wildman–Crippen MR) is 135 cm³/mol. The summed E-state index contributed by atoms with van der Waals surface area (Å²) in [5.74, 6) is -2.22. The Bertz CT molecular complexity index is 931. The van der Waals surface area contributed by atoms with Gasteiger partial charge in [0.15, 0.2) is 0 Å². The molecule has 3 amide bonds. The Morgan fingerprint density at radius 3 is 2.54 bits per heavy atom. The number of alkyl halides is 1. The number of hydrogen-bond donors (Lipinski definition) is 3. The lowest BCUT2D eigenvalue weighted by atomic mass is 9.70. The molecule has 1 spiro atoms. The molecule has 0 radical (unpaired) electrons. The van der Waals surface area contributed by atoms with Crippen molar-refractivity contribution in [3.8, 4) is 0 Å². The molecule has 0 saturated carbocycles. The van der Waals surface area contributed by atoms with Gasteiger partial charge in [-0.1, -0.05) is 66.5 Å². The van der Waals surface area contributed by atoms with Gasteiger partial charge in [0.1, 0.15) is 11.6 Å². The van der Waals surface area contributed by atoms with Gasteiger partial charge < -0.3 is 25.4 Å². The van der Waals surface area contributed by atoms with Crippen LogP contribution in [-0.2, 0) is 25.5 Å². The molecule has 1 aromatic rings. The molecule has 2 bridgehead atoms. The third kappa shape index (κ3) is 4.62. The zero-order valence-electron chi connectivity index (χ0n) is 20.4. The lowest BCUT2D eigenvalue weighted by Crippen LogP contribution is -2.58. The molecular formula is C26H36BrN3O5. The van der Waals surface area contributed by atoms with Gasteiger partial charge in [-0.25, -0.2) is 0 Å². The summed E-state index contributed by atoms with van der Waals surface area (Å²) < 4.78 is 6.48. The van der Waals surface area contributed by atoms with E-state index in [0.717, 1.165) is 24.8 Å². The quantitative estimate of drug-likeness (QED) is 0.288. The van der Waals surface area contributed by atoms with Crippen LogP contribution in [0.15, 0.2) is 30.3 Å². The minimum atomic E-state index is -1.11. The van der Waals surface area contributed by atoms with Crippen LogP contribution in [0.4, 0.5) is 0 Å². The second-order valence-corrected chi connectivity index (χ2v) is 11.0. The van der Waals surface area contributed by atoms with Crippen LogP contribution >= 0.6 is 15.9 Å². The number of halogens is 1. The number of unbranched alkanes of at least 4 members (excludes halogenated alkanes) is 1. The predicted octanol–water partition coefficient (Wildman–Crippen LogP) is 1.78. The van der Waals surface area contributed by atoms with Gasteiger partial charge >= 0.3 is 0 Å². The van der Waals surface area contributed by atoms with Crippen LogP contribution in [0.1, 0.15) is 45.1 Å². The first-order valence-electron chi connectivity index (χ1n) is 12.7. The molecule has 4 rings (SSSR count). The standard InChI is InChI=1S/C26H36BrN3O5/c1-3-5-12-29-24(33)22-26-14-18(27)21(35-26)19(23(32)28-11-4-2)20(26)25(34)30(22)17(15-31)13-16-9-7-6-8-10-16/h6-10,17-22,31H,3-5,11-15H2,1-2H3,(H,28,32)(H,29,33)/t17-,18?,19-,20+,21-,22?,26?/m1/s1. The van der Waals surface area contributed by atoms with Crippen molar-refractivity contribution in [2.24, 2.45) is 11.8 Å². The minimum Gasteiger partial charge on any atom is -0.394 e. The first kappa shape index (κ1) is 26.1. The Hall–Kier alpha value is -1.97. The SMILES string of the molecule is CCCCNC(=O)C1N([C@@H](CO)Cc2ccccc2)C(=O)[C@@H]2[C@@H](C(=O)NCCC)[C@@H]3OC12CC3Br. The zero-order chi connectivity index (χ0) is 25.2. The smallest absolute Gasteiger partial charge is 0.245 e. The lowest BCUT2D eigenvalue weighted by Gasteiger charge is -2.37. The number of carbonyl (C=O) groups is 3. The number of nitrogens with zero attached hydrogens (tertiary/aromatic N) is 1. The van der Waals surface area contributed by atoms with Crippen molar-refractivity contribution in [3.05, 3.63) is 35.9 Å². The van der Waals surface area contributed by atoms with Gasteiger partial charge in [-0.2, -0.15) is 0 Å². The number of rotatable bonds is 11. The van der Waals surface area contributed by atoms with E-state index in [1.807, 2.05) is 44.2 Å². The van der Waals surface area contributed by atoms with Crippen LogP contribution in [0.25, 0.3) is 0 Å². The minimum absolute atomic E-state index is 0.142. The number of amides is 3. The molecule has 0 aliphatic carbocycles. The maximum Gasteiger partial charge on any atom is 0.245 e. The fraction of sp³-hybridized carbons (Fsp3) is 0.654. The van der Waals surface area contributed by atoms with E-state index in [0.29, 0.717) is 25.9 Å². The zero-order valence-corrected chi connectivity index (χ0v) is 22.0. The molecule has 1 aromatic carbocycles. The molecule has 9 heteroatoms. The van der Waals surface area contributed by atoms with Crippen molar-refractivity contribution < 1.29 is 24.2 Å². The number of carbonyl (C=O) groups excluding carboxylic acids is 3. The molecule has 3 aliphatic heterocycles. The molecule has 3 N–H and O–H groups in total. The Morgan fingerprint density at radius 1 is 1.17 bits per heavy atom. The topological polar surface area (TPSA) is 108 Å². The number of aliphatic hydroxyl groups excluding tert-OH is 1. The number of benzene rings is 1.